The molecule has 2 N–H and O–H groups in total. The molecular weight excluding hydrogens is 332 g/mol. The van der Waals surface area contributed by atoms with Crippen molar-refractivity contribution in [2.45, 2.75) is 25.8 Å². The maximum Gasteiger partial charge on any atom is 0.326 e. The number of carbonyl (C=O) groups is 2. The van der Waals surface area contributed by atoms with Gasteiger partial charge in [-0.25, -0.2) is 4.79 Å². The summed E-state index contributed by atoms with van der Waals surface area (Å²) in [5.41, 5.74) is -0.221. The molecule has 0 saturated carbocycles. The van der Waals surface area contributed by atoms with Gasteiger partial charge in [-0.15, -0.1) is 0 Å². The molecule has 0 unspecified atom stereocenters. The van der Waals surface area contributed by atoms with E-state index >= 15 is 0 Å². The van der Waals surface area contributed by atoms with E-state index in [0.29, 0.717) is 6.42 Å². The molecule has 1 aromatic rings. The summed E-state index contributed by atoms with van der Waals surface area (Å²) < 4.78 is 0.0307. The molecular formula is C12H13BrN2O5. The fourth-order valence-electron chi connectivity index (χ4n) is 1.62. The Bertz CT molecular complexity index is 547. The minimum atomic E-state index is -1.14. The number of nitrogens with one attached hydrogen (secondary N) is 1. The molecule has 1 amide bonds. The number of rotatable bonds is 6. The van der Waals surface area contributed by atoms with Gasteiger partial charge < -0.3 is 10.4 Å². The number of nitro groups is 1. The van der Waals surface area contributed by atoms with Gasteiger partial charge in [0.05, 0.1) is 10.5 Å². The van der Waals surface area contributed by atoms with Crippen LogP contribution in [0.3, 0.4) is 0 Å². The zero-order chi connectivity index (χ0) is 15.3. The third-order valence-electron chi connectivity index (χ3n) is 2.60. The van der Waals surface area contributed by atoms with Crippen LogP contribution in [0.15, 0.2) is 22.7 Å². The second-order valence-electron chi connectivity index (χ2n) is 4.05. The van der Waals surface area contributed by atoms with E-state index in [1.165, 1.54) is 18.2 Å². The fraction of sp³-hybridized carbons (Fsp3) is 0.333. The van der Waals surface area contributed by atoms with E-state index in [1.807, 2.05) is 0 Å². The average Bonchev–Trinajstić information content (AvgIpc) is 2.37. The summed E-state index contributed by atoms with van der Waals surface area (Å²) in [5, 5.41) is 22.1. The monoisotopic (exact) mass is 344 g/mol. The molecule has 0 aliphatic rings. The lowest BCUT2D eigenvalue weighted by molar-refractivity contribution is -0.385. The molecule has 0 spiro atoms. The lowest BCUT2D eigenvalue weighted by Gasteiger charge is -2.14. The van der Waals surface area contributed by atoms with Crippen LogP contribution in [0.5, 0.6) is 0 Å². The third-order valence-corrected chi connectivity index (χ3v) is 3.43. The Morgan fingerprint density at radius 3 is 2.65 bits per heavy atom. The van der Waals surface area contributed by atoms with Gasteiger partial charge in [0.2, 0.25) is 0 Å². The molecule has 0 radical (unpaired) electrons. The Hall–Kier alpha value is -1.96. The average molecular weight is 345 g/mol. The van der Waals surface area contributed by atoms with E-state index in [4.69, 9.17) is 5.11 Å². The van der Waals surface area contributed by atoms with Crippen LogP contribution in [-0.2, 0) is 4.79 Å². The number of hydrogen-bond acceptors (Lipinski definition) is 4. The lowest BCUT2D eigenvalue weighted by atomic mass is 10.1. The van der Waals surface area contributed by atoms with Gasteiger partial charge in [-0.3, -0.25) is 14.9 Å². The van der Waals surface area contributed by atoms with Gasteiger partial charge >= 0.3 is 5.97 Å². The van der Waals surface area contributed by atoms with Crippen molar-refractivity contribution < 1.29 is 19.6 Å². The number of aliphatic carboxylic acids is 1. The van der Waals surface area contributed by atoms with Crippen LogP contribution in [-0.4, -0.2) is 27.9 Å². The number of carboxylic acids is 1. The summed E-state index contributed by atoms with van der Waals surface area (Å²) >= 11 is 3.00. The standard InChI is InChI=1S/C12H13BrN2O5/c1-2-4-8(12(17)18)14-11(16)7-5-3-6-9(10(7)13)15(19)20/h3,5-6,8H,2,4H2,1H3,(H,14,16)(H,17,18)/t8-/m0/s1. The first-order valence-corrected chi connectivity index (χ1v) is 6.64. The molecule has 7 nitrogen and oxygen atoms in total. The number of carbonyl (C=O) groups excluding carboxylic acids is 1. The van der Waals surface area contributed by atoms with E-state index in [1.54, 1.807) is 6.92 Å². The SMILES string of the molecule is CCC[C@H](NC(=O)c1cccc([N+](=O)[O-])c1Br)C(=O)O. The molecule has 0 heterocycles. The van der Waals surface area contributed by atoms with E-state index in [0.717, 1.165) is 0 Å². The number of nitrogens with zero attached hydrogens (tertiary/aromatic N) is 1. The molecule has 0 fully saturated rings. The van der Waals surface area contributed by atoms with Gasteiger partial charge in [-0.2, -0.15) is 0 Å². The Kier molecular flexibility index (Phi) is 5.63. The summed E-state index contributed by atoms with van der Waals surface area (Å²) in [5.74, 6) is -1.80. The second-order valence-corrected chi connectivity index (χ2v) is 4.84. The molecule has 0 aliphatic carbocycles. The number of benzene rings is 1. The van der Waals surface area contributed by atoms with Crippen molar-refractivity contribution >= 4 is 33.5 Å². The topological polar surface area (TPSA) is 110 Å². The number of carboxylic acid groups (broad SMARTS) is 1. The summed E-state index contributed by atoms with van der Waals surface area (Å²) in [4.78, 5) is 33.1. The number of hydrogen-bond donors (Lipinski definition) is 2. The van der Waals surface area contributed by atoms with Crippen LogP contribution < -0.4 is 5.32 Å². The van der Waals surface area contributed by atoms with E-state index < -0.39 is 22.8 Å². The van der Waals surface area contributed by atoms with Crippen LogP contribution in [0.2, 0.25) is 0 Å². The van der Waals surface area contributed by atoms with Crippen LogP contribution in [0.4, 0.5) is 5.69 Å². The van der Waals surface area contributed by atoms with Crippen LogP contribution >= 0.6 is 15.9 Å². The third kappa shape index (κ3) is 3.77. The largest absolute Gasteiger partial charge is 0.480 e. The maximum absolute atomic E-state index is 12.0. The van der Waals surface area contributed by atoms with E-state index in [2.05, 4.69) is 21.2 Å². The number of halogens is 1. The Labute approximate surface area is 123 Å². The predicted octanol–water partition coefficient (Wildman–Crippen LogP) is 2.34. The molecule has 0 aromatic heterocycles. The highest BCUT2D eigenvalue weighted by Crippen LogP contribution is 2.28. The zero-order valence-corrected chi connectivity index (χ0v) is 12.2. The molecule has 20 heavy (non-hydrogen) atoms. The highest BCUT2D eigenvalue weighted by Gasteiger charge is 2.23. The van der Waals surface area contributed by atoms with Crippen LogP contribution in [0, 0.1) is 10.1 Å². The molecule has 1 aromatic carbocycles. The van der Waals surface area contributed by atoms with E-state index in [9.17, 15) is 19.7 Å². The summed E-state index contributed by atoms with van der Waals surface area (Å²) in [7, 11) is 0. The molecule has 0 bridgehead atoms. The summed E-state index contributed by atoms with van der Waals surface area (Å²) in [6, 6.07) is 2.99. The molecule has 1 rings (SSSR count). The summed E-state index contributed by atoms with van der Waals surface area (Å²) in [6.45, 7) is 1.80. The minimum absolute atomic E-state index is 0.0292. The molecule has 108 valence electrons. The maximum atomic E-state index is 12.0. The Morgan fingerprint density at radius 1 is 1.50 bits per heavy atom. The van der Waals surface area contributed by atoms with E-state index in [-0.39, 0.29) is 22.1 Å². The molecule has 0 aliphatic heterocycles. The van der Waals surface area contributed by atoms with Gasteiger partial charge in [0, 0.05) is 6.07 Å². The first-order valence-electron chi connectivity index (χ1n) is 5.85. The van der Waals surface area contributed by atoms with Gasteiger partial charge in [-0.05, 0) is 28.4 Å². The van der Waals surface area contributed by atoms with Crippen LogP contribution in [0.25, 0.3) is 0 Å². The molecule has 1 atom stereocenters. The van der Waals surface area contributed by atoms with Gasteiger partial charge in [0.25, 0.3) is 11.6 Å². The van der Waals surface area contributed by atoms with Crippen molar-refractivity contribution in [2.75, 3.05) is 0 Å². The van der Waals surface area contributed by atoms with Gasteiger partial charge in [0.1, 0.15) is 10.5 Å². The van der Waals surface area contributed by atoms with Crippen molar-refractivity contribution in [1.82, 2.24) is 5.32 Å². The quantitative estimate of drug-likeness (QED) is 0.607. The molecule has 0 saturated heterocycles. The van der Waals surface area contributed by atoms with Crippen LogP contribution in [0.1, 0.15) is 30.1 Å². The zero-order valence-electron chi connectivity index (χ0n) is 10.6. The lowest BCUT2D eigenvalue weighted by Crippen LogP contribution is -2.40. The first kappa shape index (κ1) is 16.1. The van der Waals surface area contributed by atoms with Crippen molar-refractivity contribution in [3.05, 3.63) is 38.3 Å². The fourth-order valence-corrected chi connectivity index (χ4v) is 2.21. The smallest absolute Gasteiger partial charge is 0.326 e. The molecule has 8 heteroatoms. The minimum Gasteiger partial charge on any atom is -0.480 e. The Balaban J connectivity index is 3.00. The Morgan fingerprint density at radius 2 is 2.15 bits per heavy atom. The highest BCUT2D eigenvalue weighted by atomic mass is 79.9. The highest BCUT2D eigenvalue weighted by molar-refractivity contribution is 9.10. The number of amides is 1. The first-order chi connectivity index (χ1) is 9.38. The van der Waals surface area contributed by atoms with Crippen molar-refractivity contribution in [3.8, 4) is 0 Å². The van der Waals surface area contributed by atoms with Gasteiger partial charge in [0.15, 0.2) is 0 Å². The second kappa shape index (κ2) is 6.99. The number of nitro benzene ring substituents is 1. The summed E-state index contributed by atoms with van der Waals surface area (Å²) in [6.07, 6.45) is 0.876. The van der Waals surface area contributed by atoms with Gasteiger partial charge in [-0.1, -0.05) is 19.4 Å². The predicted molar refractivity (Wildman–Crippen MR) is 74.6 cm³/mol. The van der Waals surface area contributed by atoms with Crippen molar-refractivity contribution in [3.63, 3.8) is 0 Å². The van der Waals surface area contributed by atoms with Crippen molar-refractivity contribution in [1.29, 1.82) is 0 Å². The van der Waals surface area contributed by atoms with Crippen molar-refractivity contribution in [2.24, 2.45) is 0 Å². The normalized spacial score (nSPS) is 11.7.